The predicted octanol–water partition coefficient (Wildman–Crippen LogP) is 9.27. The van der Waals surface area contributed by atoms with Crippen LogP contribution in [0.1, 0.15) is 99.8 Å². The molecule has 0 aromatic heterocycles. The second-order valence-corrected chi connectivity index (χ2v) is 26.5. The van der Waals surface area contributed by atoms with Crippen molar-refractivity contribution >= 4 is 43.4 Å². The molecule has 4 aromatic carbocycles. The number of hydrogen-bond acceptors (Lipinski definition) is 5. The molecule has 1 saturated heterocycles. The second-order valence-electron chi connectivity index (χ2n) is 18.0. The first kappa shape index (κ1) is 42.0. The van der Waals surface area contributed by atoms with Gasteiger partial charge in [0.2, 0.25) is 0 Å². The van der Waals surface area contributed by atoms with Gasteiger partial charge in [0, 0.05) is 12.0 Å². The molecule has 0 radical (unpaired) electrons. The zero-order chi connectivity index (χ0) is 39.8. The maximum atomic E-state index is 12.9. The van der Waals surface area contributed by atoms with Gasteiger partial charge in [0.1, 0.15) is 6.10 Å². The van der Waals surface area contributed by atoms with E-state index >= 15 is 0 Å². The van der Waals surface area contributed by atoms with E-state index in [2.05, 4.69) is 163 Å². The van der Waals surface area contributed by atoms with Crippen molar-refractivity contribution in [3.05, 3.63) is 133 Å². The molecule has 2 aliphatic rings. The lowest BCUT2D eigenvalue weighted by molar-refractivity contribution is -0.139. The Kier molecular flexibility index (Phi) is 13.8. The highest BCUT2D eigenvalue weighted by molar-refractivity contribution is 7.00. The molecule has 0 saturated carbocycles. The molecule has 4 atom stereocenters. The molecule has 0 spiro atoms. The molecule has 298 valence electrons. The molecule has 1 fully saturated rings. The predicted molar refractivity (Wildman–Crippen MR) is 235 cm³/mol. The first-order chi connectivity index (χ1) is 26.8. The van der Waals surface area contributed by atoms with Crippen molar-refractivity contribution in [2.24, 2.45) is 0 Å². The lowest BCUT2D eigenvalue weighted by Gasteiger charge is -2.45. The van der Waals surface area contributed by atoms with Gasteiger partial charge in [-0.25, -0.2) is 4.79 Å². The summed E-state index contributed by atoms with van der Waals surface area (Å²) in [6, 6.07) is 43.4. The van der Waals surface area contributed by atoms with E-state index in [0.29, 0.717) is 13.0 Å². The molecule has 2 heterocycles. The second kappa shape index (κ2) is 18.3. The van der Waals surface area contributed by atoms with Crippen LogP contribution in [-0.2, 0) is 23.1 Å². The zero-order valence-corrected chi connectivity index (χ0v) is 36.8. The van der Waals surface area contributed by atoms with Gasteiger partial charge in [0.15, 0.2) is 0 Å². The fourth-order valence-electron chi connectivity index (χ4n) is 9.19. The Morgan fingerprint density at radius 1 is 0.643 bits per heavy atom. The van der Waals surface area contributed by atoms with Crippen molar-refractivity contribution in [2.75, 3.05) is 6.61 Å². The van der Waals surface area contributed by atoms with Crippen LogP contribution in [0.25, 0.3) is 0 Å². The van der Waals surface area contributed by atoms with Crippen LogP contribution >= 0.6 is 0 Å². The van der Waals surface area contributed by atoms with E-state index in [4.69, 9.17) is 18.3 Å². The molecular formula is C49H64O5Si2. The SMILES string of the molecule is C[C@H]1C=C(C[C@@H](CCCCC[C@@H]2CC[C@@H](CO[Si](c3ccccc3)(c3ccccc3)C(C)(C)C)O2)O[Si](c2ccccc2)(c2ccccc2)C(C)(C)C)C(=O)O1. The number of esters is 1. The normalized spacial score (nSPS) is 19.8. The number of cyclic esters (lactones) is 1. The number of carbonyl (C=O) groups is 1. The van der Waals surface area contributed by atoms with Gasteiger partial charge in [-0.15, -0.1) is 0 Å². The van der Waals surface area contributed by atoms with Gasteiger partial charge in [-0.2, -0.15) is 0 Å². The Labute approximate surface area is 339 Å². The van der Waals surface area contributed by atoms with Crippen LogP contribution < -0.4 is 20.7 Å². The summed E-state index contributed by atoms with van der Waals surface area (Å²) >= 11 is 0. The van der Waals surface area contributed by atoms with Crippen LogP contribution in [0.15, 0.2) is 133 Å². The highest BCUT2D eigenvalue weighted by Crippen LogP contribution is 2.40. The number of carbonyl (C=O) groups excluding carboxylic acids is 1. The smallest absolute Gasteiger partial charge is 0.334 e. The van der Waals surface area contributed by atoms with Crippen molar-refractivity contribution < 1.29 is 23.1 Å². The summed E-state index contributed by atoms with van der Waals surface area (Å²) in [5, 5.41) is 4.92. The van der Waals surface area contributed by atoms with Crippen molar-refractivity contribution in [1.29, 1.82) is 0 Å². The fraction of sp³-hybridized carbons (Fsp3) is 0.449. The number of unbranched alkanes of at least 4 members (excludes halogenated alkanes) is 2. The van der Waals surface area contributed by atoms with E-state index in [-0.39, 0.29) is 40.5 Å². The van der Waals surface area contributed by atoms with E-state index in [1.807, 2.05) is 13.0 Å². The lowest BCUT2D eigenvalue weighted by atomic mass is 10.0. The minimum absolute atomic E-state index is 0.0562. The molecule has 0 N–H and O–H groups in total. The van der Waals surface area contributed by atoms with Gasteiger partial charge < -0.3 is 18.3 Å². The maximum absolute atomic E-state index is 12.9. The summed E-state index contributed by atoms with van der Waals surface area (Å²) in [4.78, 5) is 12.9. The molecule has 0 amide bonds. The Morgan fingerprint density at radius 2 is 1.11 bits per heavy atom. The lowest BCUT2D eigenvalue weighted by Crippen LogP contribution is -2.67. The molecule has 56 heavy (non-hydrogen) atoms. The summed E-state index contributed by atoms with van der Waals surface area (Å²) < 4.78 is 27.1. The number of rotatable bonds is 17. The van der Waals surface area contributed by atoms with E-state index in [1.54, 1.807) is 0 Å². The summed E-state index contributed by atoms with van der Waals surface area (Å²) in [5.41, 5.74) is 0.742. The first-order valence-electron chi connectivity index (χ1n) is 20.9. The Hall–Kier alpha value is -3.60. The van der Waals surface area contributed by atoms with Crippen molar-refractivity contribution in [3.63, 3.8) is 0 Å². The highest BCUT2D eigenvalue weighted by Gasteiger charge is 2.52. The molecule has 6 rings (SSSR count). The highest BCUT2D eigenvalue weighted by atomic mass is 28.4. The molecule has 4 aromatic rings. The largest absolute Gasteiger partial charge is 0.455 e. The quantitative estimate of drug-likeness (QED) is 0.0607. The van der Waals surface area contributed by atoms with Crippen molar-refractivity contribution in [2.45, 2.75) is 134 Å². The third kappa shape index (κ3) is 9.40. The maximum Gasteiger partial charge on any atom is 0.334 e. The van der Waals surface area contributed by atoms with Crippen LogP contribution in [0.5, 0.6) is 0 Å². The molecular weight excluding hydrogens is 725 g/mol. The molecule has 5 nitrogen and oxygen atoms in total. The number of benzene rings is 4. The average molecular weight is 789 g/mol. The van der Waals surface area contributed by atoms with Crippen LogP contribution in [-0.4, -0.2) is 53.6 Å². The monoisotopic (exact) mass is 788 g/mol. The van der Waals surface area contributed by atoms with Crippen LogP contribution in [0, 0.1) is 0 Å². The van der Waals surface area contributed by atoms with Crippen LogP contribution in [0.2, 0.25) is 10.1 Å². The third-order valence-electron chi connectivity index (χ3n) is 11.8. The molecule has 2 aliphatic heterocycles. The Balaban J connectivity index is 1.10. The fourth-order valence-corrected chi connectivity index (χ4v) is 18.5. The molecule has 7 heteroatoms. The van der Waals surface area contributed by atoms with E-state index in [1.165, 1.54) is 20.7 Å². The molecule has 0 bridgehead atoms. The van der Waals surface area contributed by atoms with Gasteiger partial charge in [-0.1, -0.05) is 182 Å². The van der Waals surface area contributed by atoms with Gasteiger partial charge >= 0.3 is 5.97 Å². The standard InChI is InChI=1S/C49H64O5Si2/c1-38-35-39(47(50)52-38)36-41(54-56(49(5,6)7,45-29-19-11-20-30-45)46-31-21-12-22-32-46)24-14-8-13-23-40-33-34-42(53-40)37-51-55(48(2,3)4,43-25-15-9-16-26-43)44-27-17-10-18-28-44/h9-12,15-22,25-32,35,38,40-42H,8,13-14,23-24,33-34,36-37H2,1-7H3/t38-,40+,41+,42-/m0/s1. The van der Waals surface area contributed by atoms with Crippen LogP contribution in [0.3, 0.4) is 0 Å². The molecule has 0 unspecified atom stereocenters. The summed E-state index contributed by atoms with van der Waals surface area (Å²) in [5.74, 6) is -0.208. The third-order valence-corrected chi connectivity index (χ3v) is 21.9. The van der Waals surface area contributed by atoms with Gasteiger partial charge in [-0.3, -0.25) is 0 Å². The Bertz CT molecular complexity index is 1770. The van der Waals surface area contributed by atoms with E-state index < -0.39 is 16.6 Å². The topological polar surface area (TPSA) is 54.0 Å². The van der Waals surface area contributed by atoms with Gasteiger partial charge in [0.25, 0.3) is 16.6 Å². The van der Waals surface area contributed by atoms with E-state index in [0.717, 1.165) is 50.5 Å². The molecule has 0 aliphatic carbocycles. The minimum Gasteiger partial charge on any atom is -0.455 e. The Morgan fingerprint density at radius 3 is 1.55 bits per heavy atom. The van der Waals surface area contributed by atoms with Gasteiger partial charge in [0.05, 0.1) is 24.9 Å². The minimum atomic E-state index is -2.81. The average Bonchev–Trinajstić information content (AvgIpc) is 3.78. The number of hydrogen-bond donors (Lipinski definition) is 0. The van der Waals surface area contributed by atoms with Crippen molar-refractivity contribution in [1.82, 2.24) is 0 Å². The van der Waals surface area contributed by atoms with Crippen molar-refractivity contribution in [3.8, 4) is 0 Å². The summed E-state index contributed by atoms with van der Waals surface area (Å²) in [7, 11) is -5.41. The van der Waals surface area contributed by atoms with Gasteiger partial charge in [-0.05, 0) is 69.5 Å². The summed E-state index contributed by atoms with van der Waals surface area (Å²) in [6.07, 6.45) is 9.82. The van der Waals surface area contributed by atoms with E-state index in [9.17, 15) is 4.79 Å². The number of ether oxygens (including phenoxy) is 2. The first-order valence-corrected chi connectivity index (χ1v) is 24.8. The zero-order valence-electron chi connectivity index (χ0n) is 34.8. The summed E-state index contributed by atoms with van der Waals surface area (Å²) in [6.45, 7) is 16.5. The van der Waals surface area contributed by atoms with Crippen LogP contribution in [0.4, 0.5) is 0 Å².